The molecule has 2 fully saturated rings. The van der Waals surface area contributed by atoms with Crippen LogP contribution in [0.25, 0.3) is 0 Å². The van der Waals surface area contributed by atoms with Crippen LogP contribution in [0.15, 0.2) is 119 Å². The highest BCUT2D eigenvalue weighted by atomic mass is 16.4. The van der Waals surface area contributed by atoms with Gasteiger partial charge in [-0.3, -0.25) is 19.2 Å². The van der Waals surface area contributed by atoms with E-state index in [2.05, 4.69) is 49.4 Å². The van der Waals surface area contributed by atoms with Crippen molar-refractivity contribution in [2.75, 3.05) is 13.1 Å². The minimum atomic E-state index is -1.18. The summed E-state index contributed by atoms with van der Waals surface area (Å²) in [6.45, 7) is 18.2. The number of carbonyl (C=O) groups excluding carboxylic acids is 3. The van der Waals surface area contributed by atoms with Gasteiger partial charge in [-0.05, 0) is 99.3 Å². The van der Waals surface area contributed by atoms with Crippen LogP contribution in [0.1, 0.15) is 93.4 Å². The zero-order valence-electron chi connectivity index (χ0n) is 35.1. The van der Waals surface area contributed by atoms with Crippen molar-refractivity contribution in [3.63, 3.8) is 0 Å². The van der Waals surface area contributed by atoms with E-state index in [9.17, 15) is 24.3 Å². The molecule has 0 aromatic heterocycles. The van der Waals surface area contributed by atoms with Crippen molar-refractivity contribution in [1.29, 1.82) is 0 Å². The SMILES string of the molecule is C=CC1=C(C)C2=NC1=CC1=NC(=CC3=C(C)C4=C(O)CC(=C5NC(=C2)[C@@H](C)[C@@H]5CCC(=O)N2CCC[C@H]2C(=O)N[C@@H](CC(C)C)C(=O)NCC(=O)O)C4=N3)C(CC)=C1C. The first-order valence-corrected chi connectivity index (χ1v) is 20.8. The first-order valence-electron chi connectivity index (χ1n) is 20.8. The predicted molar refractivity (Wildman–Crippen MR) is 228 cm³/mol. The maximum Gasteiger partial charge on any atom is 0.322 e. The highest BCUT2D eigenvalue weighted by Gasteiger charge is 2.42. The van der Waals surface area contributed by atoms with E-state index in [-0.39, 0.29) is 35.8 Å². The maximum absolute atomic E-state index is 14.1. The van der Waals surface area contributed by atoms with Gasteiger partial charge in [0.1, 0.15) is 24.4 Å². The van der Waals surface area contributed by atoms with Gasteiger partial charge in [0.05, 0.1) is 34.2 Å². The molecule has 13 nitrogen and oxygen atoms in total. The van der Waals surface area contributed by atoms with Gasteiger partial charge in [0.25, 0.3) is 0 Å². The molecular weight excluding hydrogens is 747 g/mol. The molecule has 1 aliphatic carbocycles. The third-order valence-corrected chi connectivity index (χ3v) is 12.6. The number of aliphatic hydroxyl groups excluding tert-OH is 1. The quantitative estimate of drug-likeness (QED) is 0.152. The highest BCUT2D eigenvalue weighted by Crippen LogP contribution is 2.46. The fraction of sp³-hybridized carbons (Fsp3) is 0.457. The number of likely N-dealkylation sites (tertiary alicyclic amines) is 1. The Labute approximate surface area is 345 Å². The molecule has 0 radical (unpaired) electrons. The molecule has 310 valence electrons. The Morgan fingerprint density at radius 1 is 1.03 bits per heavy atom. The van der Waals surface area contributed by atoms with Crippen molar-refractivity contribution in [2.24, 2.45) is 32.7 Å². The minimum absolute atomic E-state index is 0.0532. The normalized spacial score (nSPS) is 24.0. The van der Waals surface area contributed by atoms with Gasteiger partial charge < -0.3 is 31.1 Å². The number of aliphatic imine (C=N–C) groups is 3. The lowest BCUT2D eigenvalue weighted by Gasteiger charge is -2.27. The molecule has 4 atom stereocenters. The first-order chi connectivity index (χ1) is 28.1. The van der Waals surface area contributed by atoms with Crippen molar-refractivity contribution in [3.8, 4) is 0 Å². The van der Waals surface area contributed by atoms with Crippen molar-refractivity contribution in [2.45, 2.75) is 105 Å². The van der Waals surface area contributed by atoms with Crippen LogP contribution >= 0.6 is 0 Å². The molecule has 0 aromatic rings. The number of nitrogens with zero attached hydrogens (tertiary/aromatic N) is 4. The summed E-state index contributed by atoms with van der Waals surface area (Å²) in [4.78, 5) is 68.7. The van der Waals surface area contributed by atoms with Crippen molar-refractivity contribution >= 4 is 40.8 Å². The molecule has 7 rings (SSSR count). The number of allylic oxidation sites excluding steroid dienone is 12. The molecule has 13 heteroatoms. The van der Waals surface area contributed by atoms with Gasteiger partial charge in [0.15, 0.2) is 0 Å². The summed E-state index contributed by atoms with van der Waals surface area (Å²) in [7, 11) is 0. The van der Waals surface area contributed by atoms with Crippen LogP contribution < -0.4 is 16.0 Å². The number of fused-ring (bicyclic) bond motifs is 5. The molecule has 8 bridgehead atoms. The summed E-state index contributed by atoms with van der Waals surface area (Å²) in [5.41, 5.74) is 13.3. The minimum Gasteiger partial charge on any atom is -0.511 e. The van der Waals surface area contributed by atoms with Crippen LogP contribution in [0.2, 0.25) is 0 Å². The van der Waals surface area contributed by atoms with E-state index in [4.69, 9.17) is 20.1 Å². The van der Waals surface area contributed by atoms with Gasteiger partial charge in [-0.1, -0.05) is 40.3 Å². The number of hydrogen-bond acceptors (Lipinski definition) is 9. The predicted octanol–water partition coefficient (Wildman–Crippen LogP) is 6.35. The van der Waals surface area contributed by atoms with Gasteiger partial charge in [-0.2, -0.15) is 0 Å². The monoisotopic (exact) mass is 801 g/mol. The molecule has 7 aliphatic rings. The number of carboxylic acid groups (broad SMARTS) is 1. The smallest absolute Gasteiger partial charge is 0.322 e. The lowest BCUT2D eigenvalue weighted by Crippen LogP contribution is -2.54. The van der Waals surface area contributed by atoms with E-state index >= 15 is 0 Å². The number of aliphatic carboxylic acids is 1. The van der Waals surface area contributed by atoms with Crippen LogP contribution in [0, 0.1) is 17.8 Å². The van der Waals surface area contributed by atoms with Crippen LogP contribution in [0.3, 0.4) is 0 Å². The van der Waals surface area contributed by atoms with Crippen LogP contribution in [-0.4, -0.2) is 81.1 Å². The molecule has 3 amide bonds. The Morgan fingerprint density at radius 2 is 1.76 bits per heavy atom. The number of carboxylic acids is 1. The zero-order valence-corrected chi connectivity index (χ0v) is 35.1. The number of amides is 3. The van der Waals surface area contributed by atoms with Crippen molar-refractivity contribution in [1.82, 2.24) is 20.9 Å². The van der Waals surface area contributed by atoms with Crippen LogP contribution in [-0.2, 0) is 19.2 Å². The third-order valence-electron chi connectivity index (χ3n) is 12.6. The Kier molecular flexibility index (Phi) is 11.5. The molecule has 0 aromatic carbocycles. The molecular formula is C46H55N7O6. The Hall–Kier alpha value is -5.85. The van der Waals surface area contributed by atoms with E-state index < -0.39 is 36.4 Å². The van der Waals surface area contributed by atoms with E-state index in [1.54, 1.807) is 4.90 Å². The molecule has 2 saturated heterocycles. The van der Waals surface area contributed by atoms with Gasteiger partial charge >= 0.3 is 5.97 Å². The van der Waals surface area contributed by atoms with Crippen molar-refractivity contribution < 1.29 is 29.4 Å². The molecule has 5 N–H and O–H groups in total. The second kappa shape index (κ2) is 16.4. The number of aliphatic hydroxyl groups is 1. The van der Waals surface area contributed by atoms with Crippen LogP contribution in [0.5, 0.6) is 0 Å². The van der Waals surface area contributed by atoms with Gasteiger partial charge in [-0.25, -0.2) is 15.0 Å². The van der Waals surface area contributed by atoms with E-state index in [1.165, 1.54) is 0 Å². The van der Waals surface area contributed by atoms with E-state index in [0.29, 0.717) is 38.6 Å². The zero-order chi connectivity index (χ0) is 42.4. The summed E-state index contributed by atoms with van der Waals surface area (Å²) in [5.74, 6) is -2.20. The number of hydrogen-bond donors (Lipinski definition) is 5. The van der Waals surface area contributed by atoms with E-state index in [1.807, 2.05) is 45.9 Å². The van der Waals surface area contributed by atoms with Gasteiger partial charge in [0, 0.05) is 59.3 Å². The lowest BCUT2D eigenvalue weighted by molar-refractivity contribution is -0.140. The molecule has 59 heavy (non-hydrogen) atoms. The van der Waals surface area contributed by atoms with Gasteiger partial charge in [-0.15, -0.1) is 0 Å². The summed E-state index contributed by atoms with van der Waals surface area (Å²) in [6, 6.07) is -1.66. The summed E-state index contributed by atoms with van der Waals surface area (Å²) in [5, 5.41) is 29.5. The largest absolute Gasteiger partial charge is 0.511 e. The molecule has 6 aliphatic heterocycles. The Morgan fingerprint density at radius 3 is 2.46 bits per heavy atom. The number of rotatable bonds is 12. The molecule has 6 heterocycles. The number of nitrogens with one attached hydrogen (secondary N) is 3. The Bertz CT molecular complexity index is 2300. The average Bonchev–Trinajstić information content (AvgIpc) is 4.03. The Balaban J connectivity index is 1.20. The second-order valence-electron chi connectivity index (χ2n) is 16.8. The lowest BCUT2D eigenvalue weighted by atomic mass is 9.86. The summed E-state index contributed by atoms with van der Waals surface area (Å²) >= 11 is 0. The topological polar surface area (TPSA) is 185 Å². The molecule has 0 unspecified atom stereocenters. The molecule has 0 spiro atoms. The molecule has 0 saturated carbocycles. The van der Waals surface area contributed by atoms with Crippen LogP contribution in [0.4, 0.5) is 0 Å². The standard InChI is InChI=1S/C46H55N7O6/c1-9-27-23(5)31-18-33-25(7)29(13-14-40(55)53-15-11-12-38(53)46(59)52-37(16-22(3)4)45(58)47-21-41(56)57)43(50-33)30-17-39(54)42-26(8)34(51-44(30)42)20-36-28(10-2)24(6)32(49-36)19-35(27)48-31/h9,18-20,22,25,29,37-38,50,54H,1,10-17,21H2,2-8H3,(H,47,58)(H,52,59)(H,56,57)/t25-,29-,37-,38-/m0/s1. The average molecular weight is 802 g/mol. The fourth-order valence-electron chi connectivity index (χ4n) is 9.40. The summed E-state index contributed by atoms with van der Waals surface area (Å²) in [6.07, 6.45) is 11.1. The van der Waals surface area contributed by atoms with E-state index in [0.717, 1.165) is 91.1 Å². The summed E-state index contributed by atoms with van der Waals surface area (Å²) < 4.78 is 0. The number of carbonyl (C=O) groups is 4. The fourth-order valence-corrected chi connectivity index (χ4v) is 9.40. The van der Waals surface area contributed by atoms with Crippen molar-refractivity contribution in [3.05, 3.63) is 104 Å². The third kappa shape index (κ3) is 7.74. The maximum atomic E-state index is 14.1. The van der Waals surface area contributed by atoms with Gasteiger partial charge in [0.2, 0.25) is 17.7 Å². The second-order valence-corrected chi connectivity index (χ2v) is 16.8. The first kappa shape index (κ1) is 41.3. The highest BCUT2D eigenvalue weighted by molar-refractivity contribution is 6.21.